The van der Waals surface area contributed by atoms with E-state index in [1.54, 1.807) is 30.3 Å². The Morgan fingerprint density at radius 1 is 1.00 bits per heavy atom. The fraction of sp³-hybridized carbons (Fsp3) is 0.0588. The summed E-state index contributed by atoms with van der Waals surface area (Å²) in [6, 6.07) is 8.11. The third-order valence-electron chi connectivity index (χ3n) is 3.57. The quantitative estimate of drug-likeness (QED) is 0.544. The number of carbonyl (C=O) groups excluding carboxylic acids is 1. The highest BCUT2D eigenvalue weighted by Gasteiger charge is 2.26. The van der Waals surface area contributed by atoms with E-state index in [2.05, 4.69) is 4.99 Å². The van der Waals surface area contributed by atoms with Crippen molar-refractivity contribution >= 4 is 52.7 Å². The minimum absolute atomic E-state index is 0.0989. The number of aliphatic imine (C=N–C) groups is 1. The second kappa shape index (κ2) is 6.26. The summed E-state index contributed by atoms with van der Waals surface area (Å²) in [6.07, 6.45) is 1.52. The first kappa shape index (κ1) is 16.3. The zero-order valence-electron chi connectivity index (χ0n) is 12.4. The van der Waals surface area contributed by atoms with E-state index in [-0.39, 0.29) is 18.4 Å². The molecule has 0 aromatic heterocycles. The zero-order valence-corrected chi connectivity index (χ0v) is 14.7. The second-order valence-corrected chi connectivity index (χ2v) is 6.44. The molecule has 2 aromatic carbocycles. The molecule has 0 amide bonds. The van der Waals surface area contributed by atoms with Crippen LogP contribution in [0.15, 0.2) is 41.0 Å². The van der Waals surface area contributed by atoms with Gasteiger partial charge in [-0.25, -0.2) is 9.79 Å². The normalized spacial score (nSPS) is 17.0. The number of hydrogen-bond donors (Lipinski definition) is 0. The molecule has 4 rings (SSSR count). The number of cyclic esters (lactones) is 1. The Balaban J connectivity index is 1.72. The van der Waals surface area contributed by atoms with E-state index in [0.717, 1.165) is 0 Å². The summed E-state index contributed by atoms with van der Waals surface area (Å²) >= 11 is 18.2. The maximum atomic E-state index is 12.1. The van der Waals surface area contributed by atoms with E-state index in [0.29, 0.717) is 37.7 Å². The van der Waals surface area contributed by atoms with E-state index in [4.69, 9.17) is 49.0 Å². The van der Waals surface area contributed by atoms with Crippen LogP contribution >= 0.6 is 34.8 Å². The molecule has 0 bridgehead atoms. The van der Waals surface area contributed by atoms with E-state index < -0.39 is 5.97 Å². The van der Waals surface area contributed by atoms with Crippen LogP contribution in [-0.2, 0) is 9.53 Å². The molecule has 126 valence electrons. The van der Waals surface area contributed by atoms with Gasteiger partial charge in [0.05, 0.1) is 15.6 Å². The molecule has 0 atom stereocenters. The SMILES string of the molecule is O=C1OC(c2ccc(Cl)cc2Cl)=N/C1=C\c1cc2c(cc1Cl)OCO2. The van der Waals surface area contributed by atoms with Crippen LogP contribution in [0.5, 0.6) is 11.5 Å². The summed E-state index contributed by atoms with van der Waals surface area (Å²) < 4.78 is 15.8. The third-order valence-corrected chi connectivity index (χ3v) is 4.44. The van der Waals surface area contributed by atoms with Crippen molar-refractivity contribution < 1.29 is 19.0 Å². The molecule has 0 N–H and O–H groups in total. The Morgan fingerprint density at radius 3 is 2.52 bits per heavy atom. The number of hydrogen-bond acceptors (Lipinski definition) is 5. The van der Waals surface area contributed by atoms with E-state index in [1.165, 1.54) is 6.08 Å². The molecule has 0 spiro atoms. The summed E-state index contributed by atoms with van der Waals surface area (Å²) in [6.45, 7) is 0.130. The molecule has 8 heteroatoms. The predicted molar refractivity (Wildman–Crippen MR) is 94.6 cm³/mol. The Kier molecular flexibility index (Phi) is 4.07. The van der Waals surface area contributed by atoms with Crippen molar-refractivity contribution in [3.8, 4) is 11.5 Å². The van der Waals surface area contributed by atoms with Gasteiger partial charge in [0, 0.05) is 11.1 Å². The zero-order chi connectivity index (χ0) is 17.6. The van der Waals surface area contributed by atoms with Gasteiger partial charge in [-0.15, -0.1) is 0 Å². The Hall–Kier alpha value is -2.21. The average molecular weight is 397 g/mol. The van der Waals surface area contributed by atoms with Crippen molar-refractivity contribution in [2.45, 2.75) is 0 Å². The molecular weight excluding hydrogens is 389 g/mol. The van der Waals surface area contributed by atoms with Gasteiger partial charge < -0.3 is 14.2 Å². The highest BCUT2D eigenvalue weighted by atomic mass is 35.5. The summed E-state index contributed by atoms with van der Waals surface area (Å²) in [5.74, 6) is 0.607. The largest absolute Gasteiger partial charge is 0.454 e. The smallest absolute Gasteiger partial charge is 0.363 e. The van der Waals surface area contributed by atoms with Gasteiger partial charge >= 0.3 is 5.97 Å². The van der Waals surface area contributed by atoms with Gasteiger partial charge in [0.1, 0.15) is 0 Å². The molecule has 0 radical (unpaired) electrons. The van der Waals surface area contributed by atoms with Gasteiger partial charge in [-0.2, -0.15) is 0 Å². The molecule has 0 fully saturated rings. The van der Waals surface area contributed by atoms with E-state index in [1.807, 2.05) is 0 Å². The van der Waals surface area contributed by atoms with Gasteiger partial charge in [0.25, 0.3) is 0 Å². The lowest BCUT2D eigenvalue weighted by atomic mass is 10.1. The van der Waals surface area contributed by atoms with E-state index >= 15 is 0 Å². The van der Waals surface area contributed by atoms with Gasteiger partial charge in [-0.1, -0.05) is 34.8 Å². The molecule has 2 aliphatic heterocycles. The van der Waals surface area contributed by atoms with Crippen LogP contribution in [-0.4, -0.2) is 18.7 Å². The predicted octanol–water partition coefficient (Wildman–Crippen LogP) is 4.72. The van der Waals surface area contributed by atoms with E-state index in [9.17, 15) is 4.79 Å². The topological polar surface area (TPSA) is 57.1 Å². The standard InChI is InChI=1S/C17H8Cl3NO4/c18-9-1-2-10(12(20)5-9)16-21-13(17(22)25-16)3-8-4-14-15(6-11(8)19)24-7-23-14/h1-6H,7H2/b13-3-. The van der Waals surface area contributed by atoms with Crippen LogP contribution in [0.1, 0.15) is 11.1 Å². The van der Waals surface area contributed by atoms with Crippen molar-refractivity contribution in [3.05, 3.63) is 62.2 Å². The van der Waals surface area contributed by atoms with Gasteiger partial charge in [0.2, 0.25) is 12.7 Å². The fourth-order valence-corrected chi connectivity index (χ4v) is 3.08. The number of benzene rings is 2. The first-order chi connectivity index (χ1) is 12.0. The monoisotopic (exact) mass is 395 g/mol. The van der Waals surface area contributed by atoms with Crippen LogP contribution in [0.3, 0.4) is 0 Å². The Morgan fingerprint density at radius 2 is 1.76 bits per heavy atom. The lowest BCUT2D eigenvalue weighted by Gasteiger charge is -2.02. The molecule has 2 aromatic rings. The molecule has 2 heterocycles. The number of carbonyl (C=O) groups is 1. The summed E-state index contributed by atoms with van der Waals surface area (Å²) in [4.78, 5) is 16.3. The number of ether oxygens (including phenoxy) is 3. The van der Waals surface area contributed by atoms with Crippen LogP contribution in [0.25, 0.3) is 6.08 Å². The number of fused-ring (bicyclic) bond motifs is 1. The maximum absolute atomic E-state index is 12.1. The minimum atomic E-state index is -0.602. The van der Waals surface area contributed by atoms with Crippen molar-refractivity contribution in [3.63, 3.8) is 0 Å². The third kappa shape index (κ3) is 3.06. The summed E-state index contributed by atoms with van der Waals surface area (Å²) in [5.41, 5.74) is 1.13. The van der Waals surface area contributed by atoms with Crippen LogP contribution in [0.2, 0.25) is 15.1 Å². The molecule has 0 saturated heterocycles. The average Bonchev–Trinajstić information content (AvgIpc) is 3.14. The number of rotatable bonds is 2. The lowest BCUT2D eigenvalue weighted by Crippen LogP contribution is -2.05. The first-order valence-electron chi connectivity index (χ1n) is 7.08. The maximum Gasteiger partial charge on any atom is 0.363 e. The van der Waals surface area contributed by atoms with Crippen LogP contribution in [0.4, 0.5) is 0 Å². The Bertz CT molecular complexity index is 969. The van der Waals surface area contributed by atoms with Crippen molar-refractivity contribution in [1.82, 2.24) is 0 Å². The van der Waals surface area contributed by atoms with Crippen molar-refractivity contribution in [1.29, 1.82) is 0 Å². The number of esters is 1. The molecule has 0 unspecified atom stereocenters. The summed E-state index contributed by atoms with van der Waals surface area (Å²) in [7, 11) is 0. The van der Waals surface area contributed by atoms with Crippen LogP contribution in [0, 0.1) is 0 Å². The molecular formula is C17H8Cl3NO4. The fourth-order valence-electron chi connectivity index (χ4n) is 2.38. The van der Waals surface area contributed by atoms with Gasteiger partial charge in [-0.3, -0.25) is 0 Å². The number of halogens is 3. The Labute approximate surface area is 157 Å². The summed E-state index contributed by atoms with van der Waals surface area (Å²) in [5, 5.41) is 1.21. The van der Waals surface area contributed by atoms with Crippen LogP contribution < -0.4 is 9.47 Å². The highest BCUT2D eigenvalue weighted by molar-refractivity contribution is 6.37. The lowest BCUT2D eigenvalue weighted by molar-refractivity contribution is -0.129. The molecule has 25 heavy (non-hydrogen) atoms. The number of nitrogens with zero attached hydrogens (tertiary/aromatic N) is 1. The van der Waals surface area contributed by atoms with Crippen molar-refractivity contribution in [2.24, 2.45) is 4.99 Å². The van der Waals surface area contributed by atoms with Gasteiger partial charge in [0.15, 0.2) is 17.2 Å². The molecule has 5 nitrogen and oxygen atoms in total. The molecule has 2 aliphatic rings. The molecule has 0 aliphatic carbocycles. The van der Waals surface area contributed by atoms with Crippen molar-refractivity contribution in [2.75, 3.05) is 6.79 Å². The van der Waals surface area contributed by atoms with Gasteiger partial charge in [-0.05, 0) is 35.9 Å². The first-order valence-corrected chi connectivity index (χ1v) is 8.22. The second-order valence-electron chi connectivity index (χ2n) is 5.19. The highest BCUT2D eigenvalue weighted by Crippen LogP contribution is 2.38. The minimum Gasteiger partial charge on any atom is -0.454 e. The molecule has 0 saturated carbocycles.